The molecule has 3 aromatic carbocycles. The number of rotatable bonds is 8. The fourth-order valence-corrected chi connectivity index (χ4v) is 8.85. The summed E-state index contributed by atoms with van der Waals surface area (Å²) in [6, 6.07) is 25.9. The van der Waals surface area contributed by atoms with Gasteiger partial charge in [0.15, 0.2) is 0 Å². The monoisotopic (exact) mass is 443 g/mol. The number of phosphoric ester groups is 1. The van der Waals surface area contributed by atoms with Gasteiger partial charge < -0.3 is 9.79 Å². The minimum absolute atomic E-state index is 0.0233. The van der Waals surface area contributed by atoms with Gasteiger partial charge >= 0.3 is 7.82 Å². The van der Waals surface area contributed by atoms with Gasteiger partial charge in [-0.05, 0) is 73.9 Å². The van der Waals surface area contributed by atoms with E-state index in [1.54, 1.807) is 0 Å². The normalized spacial score (nSPS) is 12.2. The van der Waals surface area contributed by atoms with Crippen LogP contribution in [-0.4, -0.2) is 22.6 Å². The Morgan fingerprint density at radius 3 is 1.50 bits per heavy atom. The van der Waals surface area contributed by atoms with Gasteiger partial charge in [0.1, 0.15) is 23.2 Å². The SMILES string of the molecule is Cc1cccc([P+](CCCOP(=O)(O)O)(c2cccc(C)c2)c2cccc(C)c2)c1. The predicted octanol–water partition coefficient (Wildman–Crippen LogP) is 4.41. The van der Waals surface area contributed by atoms with Gasteiger partial charge in [0.2, 0.25) is 0 Å². The molecule has 0 aliphatic carbocycles. The zero-order valence-electron chi connectivity index (χ0n) is 17.7. The zero-order chi connectivity index (χ0) is 21.8. The highest BCUT2D eigenvalue weighted by Gasteiger charge is 2.45. The Hall–Kier alpha value is -1.80. The third kappa shape index (κ3) is 5.46. The first-order valence-corrected chi connectivity index (χ1v) is 13.5. The van der Waals surface area contributed by atoms with Crippen LogP contribution in [0.1, 0.15) is 23.1 Å². The highest BCUT2D eigenvalue weighted by molar-refractivity contribution is 7.95. The molecule has 0 aliphatic rings. The van der Waals surface area contributed by atoms with E-state index < -0.39 is 15.1 Å². The van der Waals surface area contributed by atoms with Gasteiger partial charge in [-0.3, -0.25) is 4.52 Å². The molecule has 0 radical (unpaired) electrons. The van der Waals surface area contributed by atoms with Gasteiger partial charge in [0, 0.05) is 6.42 Å². The molecule has 158 valence electrons. The second-order valence-corrected chi connectivity index (χ2v) is 12.6. The van der Waals surface area contributed by atoms with E-state index in [2.05, 4.69) is 93.6 Å². The Balaban J connectivity index is 2.18. The van der Waals surface area contributed by atoms with Crippen LogP contribution in [0.4, 0.5) is 0 Å². The van der Waals surface area contributed by atoms with Crippen LogP contribution in [0.25, 0.3) is 0 Å². The van der Waals surface area contributed by atoms with Crippen molar-refractivity contribution in [2.45, 2.75) is 27.2 Å². The Morgan fingerprint density at radius 1 is 0.767 bits per heavy atom. The minimum Gasteiger partial charge on any atom is -0.303 e. The molecule has 0 saturated heterocycles. The van der Waals surface area contributed by atoms with E-state index in [0.29, 0.717) is 6.42 Å². The lowest BCUT2D eigenvalue weighted by Crippen LogP contribution is -2.34. The van der Waals surface area contributed by atoms with Crippen molar-refractivity contribution in [3.8, 4) is 0 Å². The number of aryl methyl sites for hydroxylation is 3. The van der Waals surface area contributed by atoms with Crippen LogP contribution in [-0.2, 0) is 9.09 Å². The van der Waals surface area contributed by atoms with Crippen molar-refractivity contribution in [3.05, 3.63) is 89.5 Å². The molecule has 0 bridgehead atoms. The van der Waals surface area contributed by atoms with Gasteiger partial charge in [-0.1, -0.05) is 36.4 Å². The van der Waals surface area contributed by atoms with E-state index in [9.17, 15) is 4.57 Å². The van der Waals surface area contributed by atoms with Crippen LogP contribution >= 0.6 is 15.1 Å². The third-order valence-corrected chi connectivity index (χ3v) is 10.2. The number of hydrogen-bond donors (Lipinski definition) is 2. The summed E-state index contributed by atoms with van der Waals surface area (Å²) in [7, 11) is -6.52. The van der Waals surface area contributed by atoms with Gasteiger partial charge in [-0.25, -0.2) is 4.57 Å². The molecule has 2 N–H and O–H groups in total. The Kier molecular flexibility index (Phi) is 7.29. The first kappa shape index (κ1) is 22.9. The van der Waals surface area contributed by atoms with Crippen LogP contribution in [0.15, 0.2) is 72.8 Å². The van der Waals surface area contributed by atoms with E-state index in [-0.39, 0.29) is 6.61 Å². The molecule has 0 atom stereocenters. The quantitative estimate of drug-likeness (QED) is 0.400. The van der Waals surface area contributed by atoms with Gasteiger partial charge in [0.25, 0.3) is 0 Å². The molecule has 0 amide bonds. The van der Waals surface area contributed by atoms with Crippen molar-refractivity contribution in [1.29, 1.82) is 0 Å². The molecule has 0 aromatic heterocycles. The Labute approximate surface area is 179 Å². The molecule has 6 heteroatoms. The van der Waals surface area contributed by atoms with E-state index in [1.165, 1.54) is 32.6 Å². The second-order valence-electron chi connectivity index (χ2n) is 7.73. The van der Waals surface area contributed by atoms with Crippen molar-refractivity contribution < 1.29 is 18.9 Å². The number of hydrogen-bond acceptors (Lipinski definition) is 2. The van der Waals surface area contributed by atoms with Crippen LogP contribution < -0.4 is 15.9 Å². The maximum Gasteiger partial charge on any atom is 0.469 e. The van der Waals surface area contributed by atoms with Crippen LogP contribution in [0.2, 0.25) is 0 Å². The van der Waals surface area contributed by atoms with Crippen LogP contribution in [0.3, 0.4) is 0 Å². The first-order chi connectivity index (χ1) is 14.2. The molecule has 3 aromatic rings. The molecule has 0 unspecified atom stereocenters. The molecule has 30 heavy (non-hydrogen) atoms. The first-order valence-electron chi connectivity index (χ1n) is 10.0. The number of benzene rings is 3. The summed E-state index contributed by atoms with van der Waals surface area (Å²) in [5.41, 5.74) is 3.59. The molecule has 0 spiro atoms. The van der Waals surface area contributed by atoms with Gasteiger partial charge in [-0.15, -0.1) is 0 Å². The lowest BCUT2D eigenvalue weighted by molar-refractivity contribution is 0.198. The zero-order valence-corrected chi connectivity index (χ0v) is 19.4. The van der Waals surface area contributed by atoms with E-state index in [0.717, 1.165) is 6.16 Å². The topological polar surface area (TPSA) is 66.8 Å². The Morgan fingerprint density at radius 2 is 1.17 bits per heavy atom. The molecule has 0 aliphatic heterocycles. The molecular formula is C24H29O4P2+. The molecule has 0 saturated carbocycles. The highest BCUT2D eigenvalue weighted by atomic mass is 31.2. The Bertz CT molecular complexity index is 947. The summed E-state index contributed by atoms with van der Waals surface area (Å²) >= 11 is 0. The summed E-state index contributed by atoms with van der Waals surface area (Å²) in [5.74, 6) is 0. The van der Waals surface area contributed by atoms with Crippen molar-refractivity contribution in [1.82, 2.24) is 0 Å². The summed E-state index contributed by atoms with van der Waals surface area (Å²) in [6.45, 7) is 6.32. The second kappa shape index (κ2) is 9.56. The summed E-state index contributed by atoms with van der Waals surface area (Å²) in [5, 5.41) is 3.82. The number of phosphoric acid groups is 1. The van der Waals surface area contributed by atoms with Gasteiger partial charge in [-0.2, -0.15) is 0 Å². The van der Waals surface area contributed by atoms with E-state index in [1.807, 2.05) is 0 Å². The standard InChI is InChI=1S/C24H28O4P2/c1-19-8-4-11-22(16-19)29(15-7-14-28-30(25,26)27,23-12-5-9-20(2)17-23)24-13-6-10-21(3)18-24/h4-6,8-13,16-18H,7,14-15H2,1-3H3,(H-,25,26,27)/p+1. The van der Waals surface area contributed by atoms with Crippen molar-refractivity contribution >= 4 is 31.0 Å². The molecule has 0 fully saturated rings. The average molecular weight is 443 g/mol. The van der Waals surface area contributed by atoms with Crippen LogP contribution in [0.5, 0.6) is 0 Å². The fourth-order valence-electron chi connectivity index (χ4n) is 3.92. The summed E-state index contributed by atoms with van der Waals surface area (Å²) < 4.78 is 16.0. The molecule has 4 nitrogen and oxygen atoms in total. The molecule has 0 heterocycles. The predicted molar refractivity (Wildman–Crippen MR) is 127 cm³/mol. The van der Waals surface area contributed by atoms with E-state index >= 15 is 0 Å². The van der Waals surface area contributed by atoms with Gasteiger partial charge in [0.05, 0.1) is 12.8 Å². The summed E-state index contributed by atoms with van der Waals surface area (Å²) in [6.07, 6.45) is 1.32. The third-order valence-electron chi connectivity index (χ3n) is 5.22. The molecule has 3 rings (SSSR count). The smallest absolute Gasteiger partial charge is 0.303 e. The van der Waals surface area contributed by atoms with Crippen molar-refractivity contribution in [2.24, 2.45) is 0 Å². The minimum atomic E-state index is -4.47. The maximum absolute atomic E-state index is 11.2. The maximum atomic E-state index is 11.2. The summed E-state index contributed by atoms with van der Waals surface area (Å²) in [4.78, 5) is 18.2. The van der Waals surface area contributed by atoms with Crippen molar-refractivity contribution in [3.63, 3.8) is 0 Å². The average Bonchev–Trinajstić information content (AvgIpc) is 2.67. The fraction of sp³-hybridized carbons (Fsp3) is 0.250. The lowest BCUT2D eigenvalue weighted by atomic mass is 10.2. The largest absolute Gasteiger partial charge is 0.469 e. The van der Waals surface area contributed by atoms with E-state index in [4.69, 9.17) is 14.3 Å². The highest BCUT2D eigenvalue weighted by Crippen LogP contribution is 2.56. The van der Waals surface area contributed by atoms with Crippen LogP contribution in [0, 0.1) is 20.8 Å². The van der Waals surface area contributed by atoms with Crippen molar-refractivity contribution in [2.75, 3.05) is 12.8 Å². The molecular weight excluding hydrogens is 414 g/mol. The lowest BCUT2D eigenvalue weighted by Gasteiger charge is -2.28.